The van der Waals surface area contributed by atoms with Gasteiger partial charge in [0, 0.05) is 18.4 Å². The SMILES string of the molecule is Cc1nc([C@H]2OCC(=O)N(C3CC3)[C@@H]2c2cccnc2)n(C2CCN(C)CC2)n1. The van der Waals surface area contributed by atoms with Crippen molar-refractivity contribution in [3.05, 3.63) is 41.7 Å². The largest absolute Gasteiger partial charge is 0.358 e. The molecule has 0 bridgehead atoms. The smallest absolute Gasteiger partial charge is 0.249 e. The summed E-state index contributed by atoms with van der Waals surface area (Å²) < 4.78 is 8.25. The van der Waals surface area contributed by atoms with Crippen LogP contribution in [-0.2, 0) is 9.53 Å². The van der Waals surface area contributed by atoms with Gasteiger partial charge in [-0.2, -0.15) is 5.10 Å². The van der Waals surface area contributed by atoms with Crippen molar-refractivity contribution in [2.75, 3.05) is 26.7 Å². The number of amides is 1. The minimum absolute atomic E-state index is 0.0553. The summed E-state index contributed by atoms with van der Waals surface area (Å²) in [7, 11) is 2.16. The van der Waals surface area contributed by atoms with Crippen LogP contribution in [0.2, 0.25) is 0 Å². The maximum Gasteiger partial charge on any atom is 0.249 e. The van der Waals surface area contributed by atoms with Crippen molar-refractivity contribution in [2.24, 2.45) is 0 Å². The third-order valence-corrected chi connectivity index (χ3v) is 6.28. The van der Waals surface area contributed by atoms with Gasteiger partial charge in [0.25, 0.3) is 0 Å². The van der Waals surface area contributed by atoms with Gasteiger partial charge in [-0.05, 0) is 64.4 Å². The minimum Gasteiger partial charge on any atom is -0.358 e. The molecule has 29 heavy (non-hydrogen) atoms. The number of likely N-dealkylation sites (tertiary alicyclic amines) is 1. The molecule has 2 aromatic heterocycles. The van der Waals surface area contributed by atoms with Gasteiger partial charge in [-0.3, -0.25) is 9.78 Å². The highest BCUT2D eigenvalue weighted by atomic mass is 16.5. The van der Waals surface area contributed by atoms with Crippen molar-refractivity contribution in [2.45, 2.75) is 56.8 Å². The predicted molar refractivity (Wildman–Crippen MR) is 106 cm³/mol. The molecule has 1 saturated carbocycles. The highest BCUT2D eigenvalue weighted by molar-refractivity contribution is 5.79. The van der Waals surface area contributed by atoms with Gasteiger partial charge in [-0.25, -0.2) is 9.67 Å². The van der Waals surface area contributed by atoms with Gasteiger partial charge in [0.1, 0.15) is 18.5 Å². The van der Waals surface area contributed by atoms with Crippen LogP contribution in [-0.4, -0.2) is 68.2 Å². The molecule has 0 spiro atoms. The molecule has 154 valence electrons. The Bertz CT molecular complexity index is 873. The van der Waals surface area contributed by atoms with E-state index in [0.717, 1.165) is 56.0 Å². The molecule has 2 saturated heterocycles. The first kappa shape index (κ1) is 18.7. The number of carbonyl (C=O) groups is 1. The highest BCUT2D eigenvalue weighted by Gasteiger charge is 2.47. The average Bonchev–Trinajstić information content (AvgIpc) is 3.50. The van der Waals surface area contributed by atoms with Gasteiger partial charge in [0.2, 0.25) is 5.91 Å². The second kappa shape index (κ2) is 7.50. The summed E-state index contributed by atoms with van der Waals surface area (Å²) in [6.45, 7) is 4.12. The topological polar surface area (TPSA) is 76.4 Å². The van der Waals surface area contributed by atoms with E-state index in [0.29, 0.717) is 12.1 Å². The van der Waals surface area contributed by atoms with Crippen molar-refractivity contribution in [1.29, 1.82) is 0 Å². The molecular formula is C21H28N6O2. The Hall–Kier alpha value is -2.32. The third kappa shape index (κ3) is 3.55. The molecule has 3 fully saturated rings. The molecule has 1 aliphatic carbocycles. The monoisotopic (exact) mass is 396 g/mol. The molecule has 2 aliphatic heterocycles. The standard InChI is InChI=1S/C21H28N6O2/c1-14-23-21(27(24-14)17-7-10-25(2)11-8-17)20-19(15-4-3-9-22-12-15)26(16-5-6-16)18(28)13-29-20/h3-4,9,12,16-17,19-20H,5-8,10-11,13H2,1-2H3/t19-,20+/m1/s1. The Balaban J connectivity index is 1.54. The van der Waals surface area contributed by atoms with E-state index in [1.54, 1.807) is 6.20 Å². The summed E-state index contributed by atoms with van der Waals surface area (Å²) in [6.07, 6.45) is 7.46. The first-order chi connectivity index (χ1) is 14.1. The van der Waals surface area contributed by atoms with Crippen LogP contribution in [0.25, 0.3) is 0 Å². The lowest BCUT2D eigenvalue weighted by Crippen LogP contribution is -2.47. The zero-order chi connectivity index (χ0) is 20.0. The Morgan fingerprint density at radius 3 is 2.62 bits per heavy atom. The summed E-state index contributed by atoms with van der Waals surface area (Å²) >= 11 is 0. The molecule has 2 atom stereocenters. The molecule has 8 nitrogen and oxygen atoms in total. The van der Waals surface area contributed by atoms with E-state index in [1.807, 2.05) is 30.2 Å². The van der Waals surface area contributed by atoms with Crippen molar-refractivity contribution < 1.29 is 9.53 Å². The number of pyridine rings is 1. The van der Waals surface area contributed by atoms with Gasteiger partial charge in [-0.15, -0.1) is 0 Å². The Labute approximate surface area is 170 Å². The van der Waals surface area contributed by atoms with Crippen molar-refractivity contribution >= 4 is 5.91 Å². The number of aromatic nitrogens is 4. The lowest BCUT2D eigenvalue weighted by Gasteiger charge is -2.41. The minimum atomic E-state index is -0.335. The highest BCUT2D eigenvalue weighted by Crippen LogP contribution is 2.45. The molecule has 0 unspecified atom stereocenters. The maximum absolute atomic E-state index is 12.8. The van der Waals surface area contributed by atoms with E-state index in [4.69, 9.17) is 14.8 Å². The first-order valence-electron chi connectivity index (χ1n) is 10.6. The van der Waals surface area contributed by atoms with E-state index >= 15 is 0 Å². The summed E-state index contributed by atoms with van der Waals surface area (Å²) in [5, 5.41) is 4.76. The van der Waals surface area contributed by atoms with Gasteiger partial charge in [0.05, 0.1) is 12.1 Å². The van der Waals surface area contributed by atoms with Crippen LogP contribution in [0.3, 0.4) is 0 Å². The third-order valence-electron chi connectivity index (χ3n) is 6.28. The van der Waals surface area contributed by atoms with Crippen LogP contribution in [0, 0.1) is 6.92 Å². The Morgan fingerprint density at radius 2 is 1.93 bits per heavy atom. The van der Waals surface area contributed by atoms with Gasteiger partial charge < -0.3 is 14.5 Å². The molecule has 0 aromatic carbocycles. The fraction of sp³-hybridized carbons (Fsp3) is 0.619. The molecule has 5 rings (SSSR count). The van der Waals surface area contributed by atoms with E-state index in [-0.39, 0.29) is 24.7 Å². The van der Waals surface area contributed by atoms with Gasteiger partial charge in [0.15, 0.2) is 5.82 Å². The van der Waals surface area contributed by atoms with Crippen molar-refractivity contribution in [1.82, 2.24) is 29.5 Å². The number of rotatable bonds is 4. The Morgan fingerprint density at radius 1 is 1.14 bits per heavy atom. The van der Waals surface area contributed by atoms with Crippen LogP contribution in [0.4, 0.5) is 0 Å². The van der Waals surface area contributed by atoms with Crippen molar-refractivity contribution in [3.63, 3.8) is 0 Å². The zero-order valence-electron chi connectivity index (χ0n) is 17.1. The first-order valence-corrected chi connectivity index (χ1v) is 10.6. The quantitative estimate of drug-likeness (QED) is 0.787. The number of carbonyl (C=O) groups excluding carboxylic acids is 1. The fourth-order valence-electron chi connectivity index (χ4n) is 4.66. The molecular weight excluding hydrogens is 368 g/mol. The maximum atomic E-state index is 12.8. The summed E-state index contributed by atoms with van der Waals surface area (Å²) in [5.41, 5.74) is 0.994. The molecule has 1 amide bonds. The fourth-order valence-corrected chi connectivity index (χ4v) is 4.66. The average molecular weight is 396 g/mol. The number of piperidine rings is 1. The normalized spacial score (nSPS) is 26.8. The molecule has 0 N–H and O–H groups in total. The van der Waals surface area contributed by atoms with Gasteiger partial charge >= 0.3 is 0 Å². The predicted octanol–water partition coefficient (Wildman–Crippen LogP) is 2.05. The Kier molecular flexibility index (Phi) is 4.83. The zero-order valence-corrected chi connectivity index (χ0v) is 17.1. The lowest BCUT2D eigenvalue weighted by molar-refractivity contribution is -0.160. The molecule has 0 radical (unpaired) electrons. The van der Waals surface area contributed by atoms with Gasteiger partial charge in [-0.1, -0.05) is 6.07 Å². The molecule has 2 aromatic rings. The summed E-state index contributed by atoms with van der Waals surface area (Å²) in [4.78, 5) is 26.3. The number of hydrogen-bond acceptors (Lipinski definition) is 6. The van der Waals surface area contributed by atoms with Crippen LogP contribution in [0.15, 0.2) is 24.5 Å². The summed E-state index contributed by atoms with van der Waals surface area (Å²) in [5.74, 6) is 1.64. The van der Waals surface area contributed by atoms with Crippen LogP contribution >= 0.6 is 0 Å². The number of nitrogens with zero attached hydrogens (tertiary/aromatic N) is 6. The van der Waals surface area contributed by atoms with E-state index in [2.05, 4.69) is 21.6 Å². The number of hydrogen-bond donors (Lipinski definition) is 0. The van der Waals surface area contributed by atoms with E-state index in [1.165, 1.54) is 0 Å². The summed E-state index contributed by atoms with van der Waals surface area (Å²) in [6, 6.07) is 4.34. The number of morpholine rings is 1. The van der Waals surface area contributed by atoms with Crippen LogP contribution in [0.5, 0.6) is 0 Å². The van der Waals surface area contributed by atoms with Crippen LogP contribution in [0.1, 0.15) is 61.1 Å². The number of aryl methyl sites for hydroxylation is 1. The number of ether oxygens (including phenoxy) is 1. The van der Waals surface area contributed by atoms with Crippen LogP contribution < -0.4 is 0 Å². The van der Waals surface area contributed by atoms with E-state index < -0.39 is 0 Å². The van der Waals surface area contributed by atoms with E-state index in [9.17, 15) is 4.79 Å². The second-order valence-electron chi connectivity index (χ2n) is 8.49. The van der Waals surface area contributed by atoms with Crippen molar-refractivity contribution in [3.8, 4) is 0 Å². The second-order valence-corrected chi connectivity index (χ2v) is 8.49. The molecule has 3 aliphatic rings. The lowest BCUT2D eigenvalue weighted by atomic mass is 9.97. The molecule has 4 heterocycles. The molecule has 8 heteroatoms.